The second-order valence-corrected chi connectivity index (χ2v) is 6.73. The zero-order valence-corrected chi connectivity index (χ0v) is 15.6. The molecular formula is C21H27N3O2. The highest BCUT2D eigenvalue weighted by atomic mass is 16.2. The van der Waals surface area contributed by atoms with Crippen LogP contribution in [-0.2, 0) is 16.1 Å². The van der Waals surface area contributed by atoms with Gasteiger partial charge in [-0.15, -0.1) is 0 Å². The molecule has 3 rings (SSSR count). The lowest BCUT2D eigenvalue weighted by Crippen LogP contribution is -2.56. The molecule has 0 saturated carbocycles. The van der Waals surface area contributed by atoms with Crippen molar-refractivity contribution in [2.24, 2.45) is 0 Å². The van der Waals surface area contributed by atoms with E-state index >= 15 is 0 Å². The molecule has 1 N–H and O–H groups in total. The van der Waals surface area contributed by atoms with Crippen LogP contribution in [0.1, 0.15) is 25.8 Å². The molecule has 0 aromatic heterocycles. The summed E-state index contributed by atoms with van der Waals surface area (Å²) in [6, 6.07) is 14.3. The van der Waals surface area contributed by atoms with E-state index in [1.807, 2.05) is 26.0 Å². The third-order valence-electron chi connectivity index (χ3n) is 5.13. The Kier molecular flexibility index (Phi) is 5.89. The van der Waals surface area contributed by atoms with Gasteiger partial charge in [0, 0.05) is 32.7 Å². The number of benzene rings is 2. The lowest BCUT2D eigenvalue weighted by atomic mass is 10.0. The number of hydrogen-bond acceptors (Lipinski definition) is 3. The van der Waals surface area contributed by atoms with Crippen molar-refractivity contribution in [2.75, 3.05) is 26.2 Å². The number of nitrogens with zero attached hydrogens (tertiary/aromatic N) is 2. The topological polar surface area (TPSA) is 52.7 Å². The molecule has 2 aromatic carbocycles. The maximum Gasteiger partial charge on any atom is 0.237 e. The quantitative estimate of drug-likeness (QED) is 0.868. The number of carbonyl (C=O) groups is 2. The molecule has 1 saturated heterocycles. The molecule has 1 heterocycles. The summed E-state index contributed by atoms with van der Waals surface area (Å²) in [5.41, 5.74) is 1.17. The van der Waals surface area contributed by atoms with E-state index in [2.05, 4.69) is 40.5 Å². The fraction of sp³-hybridized carbons (Fsp3) is 0.429. The van der Waals surface area contributed by atoms with E-state index in [9.17, 15) is 9.59 Å². The fourth-order valence-corrected chi connectivity index (χ4v) is 3.62. The number of nitrogens with one attached hydrogen (secondary N) is 1. The molecule has 138 valence electrons. The Hall–Kier alpha value is -2.40. The summed E-state index contributed by atoms with van der Waals surface area (Å²) in [6.45, 7) is 7.35. The summed E-state index contributed by atoms with van der Waals surface area (Å²) in [4.78, 5) is 28.8. The molecule has 5 heteroatoms. The Morgan fingerprint density at radius 1 is 1.15 bits per heavy atom. The number of rotatable bonds is 6. The molecule has 1 aliphatic rings. The monoisotopic (exact) mass is 353 g/mol. The zero-order chi connectivity index (χ0) is 18.5. The minimum absolute atomic E-state index is 0.0422. The molecule has 0 aliphatic carbocycles. The number of fused-ring (bicyclic) bond motifs is 1. The van der Waals surface area contributed by atoms with Gasteiger partial charge in [-0.2, -0.15) is 0 Å². The second kappa shape index (κ2) is 8.32. The van der Waals surface area contributed by atoms with Crippen LogP contribution >= 0.6 is 0 Å². The summed E-state index contributed by atoms with van der Waals surface area (Å²) >= 11 is 0. The van der Waals surface area contributed by atoms with Gasteiger partial charge >= 0.3 is 0 Å². The van der Waals surface area contributed by atoms with Gasteiger partial charge in [0.1, 0.15) is 0 Å². The third-order valence-corrected chi connectivity index (χ3v) is 5.13. The van der Waals surface area contributed by atoms with E-state index in [0.29, 0.717) is 26.2 Å². The molecule has 1 aliphatic heterocycles. The summed E-state index contributed by atoms with van der Waals surface area (Å²) in [7, 11) is 0. The molecule has 1 atom stereocenters. The van der Waals surface area contributed by atoms with Gasteiger partial charge in [0.2, 0.25) is 11.8 Å². The van der Waals surface area contributed by atoms with Crippen LogP contribution in [0.4, 0.5) is 0 Å². The van der Waals surface area contributed by atoms with E-state index in [1.54, 1.807) is 4.90 Å². The van der Waals surface area contributed by atoms with Crippen LogP contribution in [-0.4, -0.2) is 53.8 Å². The molecule has 2 amide bonds. The van der Waals surface area contributed by atoms with Gasteiger partial charge in [0.05, 0.1) is 12.5 Å². The second-order valence-electron chi connectivity index (χ2n) is 6.73. The van der Waals surface area contributed by atoms with Crippen LogP contribution < -0.4 is 5.32 Å². The molecule has 26 heavy (non-hydrogen) atoms. The first-order chi connectivity index (χ1) is 12.6. The summed E-state index contributed by atoms with van der Waals surface area (Å²) < 4.78 is 0. The van der Waals surface area contributed by atoms with Crippen LogP contribution in [0.5, 0.6) is 0 Å². The smallest absolute Gasteiger partial charge is 0.237 e. The number of amides is 2. The number of piperazine rings is 1. The Balaban J connectivity index is 1.76. The average molecular weight is 353 g/mol. The van der Waals surface area contributed by atoms with Crippen molar-refractivity contribution in [3.63, 3.8) is 0 Å². The maximum atomic E-state index is 12.5. The van der Waals surface area contributed by atoms with Gasteiger partial charge in [0.25, 0.3) is 0 Å². The first-order valence-corrected chi connectivity index (χ1v) is 9.39. The van der Waals surface area contributed by atoms with Gasteiger partial charge in [0.15, 0.2) is 0 Å². The predicted molar refractivity (Wildman–Crippen MR) is 104 cm³/mol. The molecule has 0 unspecified atom stereocenters. The number of carbonyl (C=O) groups excluding carboxylic acids is 2. The summed E-state index contributed by atoms with van der Waals surface area (Å²) in [5.74, 6) is -0.00175. The number of hydrogen-bond donors (Lipinski definition) is 1. The lowest BCUT2D eigenvalue weighted by Gasteiger charge is -2.35. The molecule has 0 spiro atoms. The SMILES string of the molecule is CCN(CC)C(=O)C[C@H]1C(=O)NCCN1Cc1ccc2ccccc2c1. The van der Waals surface area contributed by atoms with E-state index in [-0.39, 0.29) is 18.2 Å². The highest BCUT2D eigenvalue weighted by Crippen LogP contribution is 2.19. The molecule has 0 bridgehead atoms. The minimum Gasteiger partial charge on any atom is -0.353 e. The van der Waals surface area contributed by atoms with E-state index in [0.717, 1.165) is 6.54 Å². The Morgan fingerprint density at radius 2 is 1.88 bits per heavy atom. The zero-order valence-electron chi connectivity index (χ0n) is 15.6. The Bertz CT molecular complexity index is 786. The van der Waals surface area contributed by atoms with Gasteiger partial charge in [-0.25, -0.2) is 0 Å². The van der Waals surface area contributed by atoms with E-state index < -0.39 is 6.04 Å². The van der Waals surface area contributed by atoms with Crippen molar-refractivity contribution in [3.8, 4) is 0 Å². The maximum absolute atomic E-state index is 12.5. The van der Waals surface area contributed by atoms with Crippen molar-refractivity contribution in [1.82, 2.24) is 15.1 Å². The summed E-state index contributed by atoms with van der Waals surface area (Å²) in [5, 5.41) is 5.31. The van der Waals surface area contributed by atoms with E-state index in [4.69, 9.17) is 0 Å². The van der Waals surface area contributed by atoms with Crippen molar-refractivity contribution < 1.29 is 9.59 Å². The van der Waals surface area contributed by atoms with Crippen LogP contribution in [0.2, 0.25) is 0 Å². The molecule has 2 aromatic rings. The fourth-order valence-electron chi connectivity index (χ4n) is 3.62. The minimum atomic E-state index is -0.400. The van der Waals surface area contributed by atoms with Crippen molar-refractivity contribution in [3.05, 3.63) is 48.0 Å². The van der Waals surface area contributed by atoms with Gasteiger partial charge in [-0.05, 0) is 36.2 Å². The molecular weight excluding hydrogens is 326 g/mol. The third kappa shape index (κ3) is 4.05. The van der Waals surface area contributed by atoms with Gasteiger partial charge in [-0.1, -0.05) is 36.4 Å². The van der Waals surface area contributed by atoms with Gasteiger partial charge < -0.3 is 10.2 Å². The molecule has 1 fully saturated rings. The summed E-state index contributed by atoms with van der Waals surface area (Å²) in [6.07, 6.45) is 0.237. The first kappa shape index (κ1) is 18.4. The van der Waals surface area contributed by atoms with Crippen molar-refractivity contribution >= 4 is 22.6 Å². The molecule has 5 nitrogen and oxygen atoms in total. The highest BCUT2D eigenvalue weighted by Gasteiger charge is 2.32. The van der Waals surface area contributed by atoms with Crippen LogP contribution in [0, 0.1) is 0 Å². The Labute approximate surface area is 155 Å². The van der Waals surface area contributed by atoms with Gasteiger partial charge in [-0.3, -0.25) is 14.5 Å². The van der Waals surface area contributed by atoms with Crippen LogP contribution in [0.15, 0.2) is 42.5 Å². The van der Waals surface area contributed by atoms with Crippen LogP contribution in [0.25, 0.3) is 10.8 Å². The lowest BCUT2D eigenvalue weighted by molar-refractivity contribution is -0.138. The predicted octanol–water partition coefficient (Wildman–Crippen LogP) is 2.40. The average Bonchev–Trinajstić information content (AvgIpc) is 2.65. The normalized spacial score (nSPS) is 17.9. The van der Waals surface area contributed by atoms with Crippen molar-refractivity contribution in [1.29, 1.82) is 0 Å². The Morgan fingerprint density at radius 3 is 2.62 bits per heavy atom. The first-order valence-electron chi connectivity index (χ1n) is 9.39. The highest BCUT2D eigenvalue weighted by molar-refractivity contribution is 5.89. The largest absolute Gasteiger partial charge is 0.353 e. The van der Waals surface area contributed by atoms with Crippen LogP contribution in [0.3, 0.4) is 0 Å². The standard InChI is InChI=1S/C21H27N3O2/c1-3-23(4-2)20(25)14-19-21(26)22-11-12-24(19)15-16-9-10-17-7-5-6-8-18(17)13-16/h5-10,13,19H,3-4,11-12,14-15H2,1-2H3,(H,22,26)/t19-/m0/s1. The van der Waals surface area contributed by atoms with Crippen molar-refractivity contribution in [2.45, 2.75) is 32.9 Å². The van der Waals surface area contributed by atoms with E-state index in [1.165, 1.54) is 16.3 Å². The molecule has 0 radical (unpaired) electrons.